The van der Waals surface area contributed by atoms with E-state index in [2.05, 4.69) is 9.88 Å². The van der Waals surface area contributed by atoms with Gasteiger partial charge in [-0.25, -0.2) is 17.7 Å². The van der Waals surface area contributed by atoms with E-state index in [4.69, 9.17) is 4.42 Å². The molecule has 0 atom stereocenters. The second-order valence-corrected chi connectivity index (χ2v) is 9.66. The zero-order chi connectivity index (χ0) is 19.7. The molecule has 1 aromatic heterocycles. The molecule has 28 heavy (non-hydrogen) atoms. The van der Waals surface area contributed by atoms with Crippen molar-refractivity contribution in [2.75, 3.05) is 27.2 Å². The van der Waals surface area contributed by atoms with Crippen LogP contribution in [0.2, 0.25) is 0 Å². The SMILES string of the molecule is CN(C)S(=O)(=O)c1cccc(CN2CCC(c3nc4ccccc4o3)CC2)c1. The first-order valence-corrected chi connectivity index (χ1v) is 11.0. The lowest BCUT2D eigenvalue weighted by Crippen LogP contribution is -2.32. The number of nitrogens with zero attached hydrogens (tertiary/aromatic N) is 3. The van der Waals surface area contributed by atoms with E-state index in [1.807, 2.05) is 36.4 Å². The van der Waals surface area contributed by atoms with E-state index < -0.39 is 10.0 Å². The molecule has 0 unspecified atom stereocenters. The molecule has 148 valence electrons. The Morgan fingerprint density at radius 1 is 1.11 bits per heavy atom. The Bertz CT molecular complexity index is 1030. The normalized spacial score (nSPS) is 16.8. The Labute approximate surface area is 165 Å². The van der Waals surface area contributed by atoms with Gasteiger partial charge in [0, 0.05) is 26.6 Å². The maximum absolute atomic E-state index is 12.3. The second-order valence-electron chi connectivity index (χ2n) is 7.51. The summed E-state index contributed by atoms with van der Waals surface area (Å²) in [4.78, 5) is 7.35. The fraction of sp³-hybridized carbons (Fsp3) is 0.381. The lowest BCUT2D eigenvalue weighted by atomic mass is 9.96. The summed E-state index contributed by atoms with van der Waals surface area (Å²) in [5.41, 5.74) is 2.78. The molecule has 7 heteroatoms. The maximum atomic E-state index is 12.3. The van der Waals surface area contributed by atoms with Crippen LogP contribution >= 0.6 is 0 Å². The number of benzene rings is 2. The highest BCUT2D eigenvalue weighted by molar-refractivity contribution is 7.89. The third-order valence-corrected chi connectivity index (χ3v) is 7.14. The van der Waals surface area contributed by atoms with Gasteiger partial charge in [0.1, 0.15) is 5.52 Å². The fourth-order valence-electron chi connectivity index (χ4n) is 3.68. The first-order chi connectivity index (χ1) is 13.4. The molecule has 4 rings (SSSR count). The predicted octanol–water partition coefficient (Wildman–Crippen LogP) is 3.46. The molecule has 0 radical (unpaired) electrons. The van der Waals surface area contributed by atoms with Gasteiger partial charge in [-0.05, 0) is 55.8 Å². The highest BCUT2D eigenvalue weighted by Gasteiger charge is 2.25. The molecule has 3 aromatic rings. The van der Waals surface area contributed by atoms with Gasteiger partial charge in [-0.2, -0.15) is 0 Å². The summed E-state index contributed by atoms with van der Waals surface area (Å²) in [6.07, 6.45) is 1.98. The van der Waals surface area contributed by atoms with E-state index in [0.717, 1.165) is 55.0 Å². The second kappa shape index (κ2) is 7.66. The molecule has 1 aliphatic rings. The Kier molecular flexibility index (Phi) is 5.23. The maximum Gasteiger partial charge on any atom is 0.242 e. The van der Waals surface area contributed by atoms with Crippen LogP contribution in [-0.2, 0) is 16.6 Å². The van der Waals surface area contributed by atoms with Gasteiger partial charge in [-0.3, -0.25) is 4.90 Å². The molecule has 0 saturated carbocycles. The smallest absolute Gasteiger partial charge is 0.242 e. The van der Waals surface area contributed by atoms with Crippen LogP contribution in [0.3, 0.4) is 0 Å². The third kappa shape index (κ3) is 3.83. The van der Waals surface area contributed by atoms with Crippen LogP contribution in [0.15, 0.2) is 57.8 Å². The number of fused-ring (bicyclic) bond motifs is 1. The van der Waals surface area contributed by atoms with Crippen molar-refractivity contribution in [3.63, 3.8) is 0 Å². The summed E-state index contributed by atoms with van der Waals surface area (Å²) in [7, 11) is -0.295. The quantitative estimate of drug-likeness (QED) is 0.657. The van der Waals surface area contributed by atoms with Crippen molar-refractivity contribution in [3.05, 3.63) is 60.0 Å². The predicted molar refractivity (Wildman–Crippen MR) is 109 cm³/mol. The molecule has 2 heterocycles. The van der Waals surface area contributed by atoms with Gasteiger partial charge in [0.15, 0.2) is 11.5 Å². The summed E-state index contributed by atoms with van der Waals surface area (Å²) in [6, 6.07) is 15.1. The van der Waals surface area contributed by atoms with Gasteiger partial charge in [-0.1, -0.05) is 24.3 Å². The summed E-state index contributed by atoms with van der Waals surface area (Å²) < 4.78 is 31.9. The van der Waals surface area contributed by atoms with Crippen LogP contribution in [0.1, 0.15) is 30.2 Å². The van der Waals surface area contributed by atoms with Crippen molar-refractivity contribution in [2.45, 2.75) is 30.2 Å². The summed E-state index contributed by atoms with van der Waals surface area (Å²) in [6.45, 7) is 2.62. The van der Waals surface area contributed by atoms with Crippen molar-refractivity contribution >= 4 is 21.1 Å². The number of hydrogen-bond donors (Lipinski definition) is 0. The molecular formula is C21H25N3O3S. The molecule has 0 bridgehead atoms. The topological polar surface area (TPSA) is 66.7 Å². The Morgan fingerprint density at radius 3 is 2.57 bits per heavy atom. The number of aromatic nitrogens is 1. The third-order valence-electron chi connectivity index (χ3n) is 5.33. The zero-order valence-corrected chi connectivity index (χ0v) is 17.0. The van der Waals surface area contributed by atoms with Crippen molar-refractivity contribution in [3.8, 4) is 0 Å². The lowest BCUT2D eigenvalue weighted by Gasteiger charge is -2.30. The minimum atomic E-state index is -3.40. The number of rotatable bonds is 5. The van der Waals surface area contributed by atoms with Crippen molar-refractivity contribution < 1.29 is 12.8 Å². The summed E-state index contributed by atoms with van der Waals surface area (Å²) in [5.74, 6) is 1.17. The van der Waals surface area contributed by atoms with E-state index in [0.29, 0.717) is 10.8 Å². The van der Waals surface area contributed by atoms with E-state index in [9.17, 15) is 8.42 Å². The monoisotopic (exact) mass is 399 g/mol. The summed E-state index contributed by atoms with van der Waals surface area (Å²) >= 11 is 0. The standard InChI is InChI=1S/C21H25N3O3S/c1-23(2)28(25,26)18-7-5-6-16(14-18)15-24-12-10-17(11-13-24)21-22-19-8-3-4-9-20(19)27-21/h3-9,14,17H,10-13,15H2,1-2H3. The summed E-state index contributed by atoms with van der Waals surface area (Å²) in [5, 5.41) is 0. The average molecular weight is 400 g/mol. The molecule has 0 spiro atoms. The number of para-hydroxylation sites is 2. The zero-order valence-electron chi connectivity index (χ0n) is 16.2. The number of piperidine rings is 1. The fourth-order valence-corrected chi connectivity index (χ4v) is 4.65. The Balaban J connectivity index is 1.41. The van der Waals surface area contributed by atoms with E-state index in [1.165, 1.54) is 4.31 Å². The highest BCUT2D eigenvalue weighted by Crippen LogP contribution is 2.30. The van der Waals surface area contributed by atoms with Crippen LogP contribution in [0, 0.1) is 0 Å². The lowest BCUT2D eigenvalue weighted by molar-refractivity contribution is 0.194. The van der Waals surface area contributed by atoms with Crippen LogP contribution in [0.5, 0.6) is 0 Å². The molecule has 6 nitrogen and oxygen atoms in total. The minimum Gasteiger partial charge on any atom is -0.440 e. The number of sulfonamides is 1. The molecular weight excluding hydrogens is 374 g/mol. The minimum absolute atomic E-state index is 0.337. The number of oxazole rings is 1. The molecule has 2 aromatic carbocycles. The Hall–Kier alpha value is -2.22. The largest absolute Gasteiger partial charge is 0.440 e. The molecule has 0 N–H and O–H groups in total. The van der Waals surface area contributed by atoms with E-state index in [1.54, 1.807) is 26.2 Å². The average Bonchev–Trinajstić information content (AvgIpc) is 3.13. The van der Waals surface area contributed by atoms with Crippen molar-refractivity contribution in [1.29, 1.82) is 0 Å². The Morgan fingerprint density at radius 2 is 1.86 bits per heavy atom. The van der Waals surface area contributed by atoms with Crippen LogP contribution < -0.4 is 0 Å². The van der Waals surface area contributed by atoms with Crippen molar-refractivity contribution in [1.82, 2.24) is 14.2 Å². The highest BCUT2D eigenvalue weighted by atomic mass is 32.2. The van der Waals surface area contributed by atoms with Crippen LogP contribution in [-0.4, -0.2) is 49.8 Å². The number of hydrogen-bond acceptors (Lipinski definition) is 5. The van der Waals surface area contributed by atoms with Crippen LogP contribution in [0.4, 0.5) is 0 Å². The van der Waals surface area contributed by atoms with Gasteiger partial charge < -0.3 is 4.42 Å². The number of likely N-dealkylation sites (tertiary alicyclic amines) is 1. The van der Waals surface area contributed by atoms with Crippen molar-refractivity contribution in [2.24, 2.45) is 0 Å². The molecule has 1 fully saturated rings. The first kappa shape index (κ1) is 19.1. The van der Waals surface area contributed by atoms with E-state index >= 15 is 0 Å². The van der Waals surface area contributed by atoms with Crippen LogP contribution in [0.25, 0.3) is 11.1 Å². The van der Waals surface area contributed by atoms with Gasteiger partial charge in [-0.15, -0.1) is 0 Å². The molecule has 0 aliphatic carbocycles. The van der Waals surface area contributed by atoms with Gasteiger partial charge in [0.2, 0.25) is 10.0 Å². The first-order valence-electron chi connectivity index (χ1n) is 9.53. The molecule has 1 saturated heterocycles. The van der Waals surface area contributed by atoms with Gasteiger partial charge in [0.25, 0.3) is 0 Å². The van der Waals surface area contributed by atoms with Gasteiger partial charge >= 0.3 is 0 Å². The molecule has 1 aliphatic heterocycles. The molecule has 0 amide bonds. The van der Waals surface area contributed by atoms with Gasteiger partial charge in [0.05, 0.1) is 4.90 Å². The van der Waals surface area contributed by atoms with E-state index in [-0.39, 0.29) is 0 Å².